The van der Waals surface area contributed by atoms with E-state index >= 15 is 0 Å². The number of carbonyl (C=O) groups excluding carboxylic acids is 2. The predicted octanol–water partition coefficient (Wildman–Crippen LogP) is 4.28. The van der Waals surface area contributed by atoms with Crippen molar-refractivity contribution in [2.75, 3.05) is 18.9 Å². The Bertz CT molecular complexity index is 1130. The molecule has 1 aliphatic rings. The second kappa shape index (κ2) is 10.2. The fourth-order valence-electron chi connectivity index (χ4n) is 3.67. The number of thioether (sulfide) groups is 1. The lowest BCUT2D eigenvalue weighted by Crippen LogP contribution is -2.39. The number of rotatable bonds is 9. The summed E-state index contributed by atoms with van der Waals surface area (Å²) in [5.41, 5.74) is 2.82. The fourth-order valence-corrected chi connectivity index (χ4v) is 4.54. The number of hydrogen-bond donors (Lipinski definition) is 1. The predicted molar refractivity (Wildman–Crippen MR) is 131 cm³/mol. The van der Waals surface area contributed by atoms with Crippen LogP contribution in [-0.2, 0) is 16.0 Å². The number of aromatic nitrogens is 3. The first-order chi connectivity index (χ1) is 16.0. The summed E-state index contributed by atoms with van der Waals surface area (Å²) in [6, 6.07) is 17.6. The highest BCUT2D eigenvalue weighted by Gasteiger charge is 2.31. The van der Waals surface area contributed by atoms with Gasteiger partial charge in [-0.1, -0.05) is 55.1 Å². The van der Waals surface area contributed by atoms with Crippen molar-refractivity contribution >= 4 is 29.3 Å². The number of amides is 2. The summed E-state index contributed by atoms with van der Waals surface area (Å²) in [5, 5.41) is 7.76. The van der Waals surface area contributed by atoms with Crippen molar-refractivity contribution in [3.63, 3.8) is 0 Å². The largest absolute Gasteiger partial charge is 0.335 e. The Balaban J connectivity index is 1.38. The SMILES string of the molecule is CCc1ccccc1NC(=O)CN(C)C(=O)C(C)Sc1nc(C2CC2)n(-c2ccccc2)n1. The van der Waals surface area contributed by atoms with E-state index in [1.165, 1.54) is 16.7 Å². The summed E-state index contributed by atoms with van der Waals surface area (Å²) < 4.78 is 1.89. The molecular formula is C25H29N5O2S. The molecule has 1 fully saturated rings. The summed E-state index contributed by atoms with van der Waals surface area (Å²) in [6.45, 7) is 3.86. The average molecular weight is 464 g/mol. The number of hydrogen-bond acceptors (Lipinski definition) is 5. The Morgan fingerprint density at radius 2 is 1.85 bits per heavy atom. The van der Waals surface area contributed by atoms with E-state index in [-0.39, 0.29) is 18.4 Å². The van der Waals surface area contributed by atoms with Crippen LogP contribution >= 0.6 is 11.8 Å². The van der Waals surface area contributed by atoms with E-state index in [4.69, 9.17) is 4.98 Å². The van der Waals surface area contributed by atoms with Crippen LogP contribution in [0.5, 0.6) is 0 Å². The van der Waals surface area contributed by atoms with Crippen molar-refractivity contribution in [3.05, 3.63) is 66.0 Å². The molecule has 8 heteroatoms. The third-order valence-electron chi connectivity index (χ3n) is 5.62. The summed E-state index contributed by atoms with van der Waals surface area (Å²) in [7, 11) is 1.65. The van der Waals surface area contributed by atoms with Gasteiger partial charge < -0.3 is 10.2 Å². The molecule has 0 saturated heterocycles. The van der Waals surface area contributed by atoms with Crippen molar-refractivity contribution in [1.29, 1.82) is 0 Å². The number of anilines is 1. The monoisotopic (exact) mass is 463 g/mol. The molecule has 1 atom stereocenters. The van der Waals surface area contributed by atoms with E-state index in [2.05, 4.69) is 10.4 Å². The number of carbonyl (C=O) groups is 2. The van der Waals surface area contributed by atoms with Crippen molar-refractivity contribution in [1.82, 2.24) is 19.7 Å². The van der Waals surface area contributed by atoms with Gasteiger partial charge in [0.1, 0.15) is 5.82 Å². The lowest BCUT2D eigenvalue weighted by atomic mass is 10.1. The lowest BCUT2D eigenvalue weighted by Gasteiger charge is -2.20. The number of para-hydroxylation sites is 2. The van der Waals surface area contributed by atoms with Gasteiger partial charge in [-0.15, -0.1) is 5.10 Å². The van der Waals surface area contributed by atoms with Crippen LogP contribution < -0.4 is 5.32 Å². The van der Waals surface area contributed by atoms with Crippen molar-refractivity contribution in [2.24, 2.45) is 0 Å². The number of nitrogens with zero attached hydrogens (tertiary/aromatic N) is 4. The smallest absolute Gasteiger partial charge is 0.243 e. The highest BCUT2D eigenvalue weighted by atomic mass is 32.2. The lowest BCUT2D eigenvalue weighted by molar-refractivity contribution is -0.132. The van der Waals surface area contributed by atoms with E-state index in [0.29, 0.717) is 11.1 Å². The molecule has 4 rings (SSSR count). The number of nitrogens with one attached hydrogen (secondary N) is 1. The van der Waals surface area contributed by atoms with Crippen molar-refractivity contribution in [2.45, 2.75) is 49.4 Å². The minimum absolute atomic E-state index is 0.0129. The Morgan fingerprint density at radius 3 is 2.55 bits per heavy atom. The van der Waals surface area contributed by atoms with Crippen LogP contribution in [0.25, 0.3) is 5.69 Å². The molecule has 7 nitrogen and oxygen atoms in total. The maximum Gasteiger partial charge on any atom is 0.243 e. The Labute approximate surface area is 198 Å². The molecule has 2 aromatic carbocycles. The summed E-state index contributed by atoms with van der Waals surface area (Å²) in [4.78, 5) is 31.6. The molecule has 33 heavy (non-hydrogen) atoms. The Morgan fingerprint density at radius 1 is 1.15 bits per heavy atom. The van der Waals surface area contributed by atoms with Gasteiger partial charge in [0, 0.05) is 18.7 Å². The highest BCUT2D eigenvalue weighted by Crippen LogP contribution is 2.40. The minimum atomic E-state index is -0.413. The molecular weight excluding hydrogens is 434 g/mol. The minimum Gasteiger partial charge on any atom is -0.335 e. The zero-order chi connectivity index (χ0) is 23.4. The molecule has 172 valence electrons. The molecule has 1 aromatic heterocycles. The molecule has 0 spiro atoms. The van der Waals surface area contributed by atoms with Crippen molar-refractivity contribution in [3.8, 4) is 5.69 Å². The third-order valence-corrected chi connectivity index (χ3v) is 6.55. The topological polar surface area (TPSA) is 80.1 Å². The van der Waals surface area contributed by atoms with Gasteiger partial charge in [0.05, 0.1) is 17.5 Å². The van der Waals surface area contributed by atoms with Gasteiger partial charge in [-0.2, -0.15) is 0 Å². The molecule has 0 radical (unpaired) electrons. The van der Waals surface area contributed by atoms with Gasteiger partial charge in [0.15, 0.2) is 0 Å². The van der Waals surface area contributed by atoms with Gasteiger partial charge in [0.2, 0.25) is 17.0 Å². The van der Waals surface area contributed by atoms with Crippen LogP contribution in [0, 0.1) is 0 Å². The quantitative estimate of drug-likeness (QED) is 0.479. The second-order valence-corrected chi connectivity index (χ2v) is 9.60. The highest BCUT2D eigenvalue weighted by molar-refractivity contribution is 8.00. The molecule has 3 aromatic rings. The Kier molecular flexibility index (Phi) is 7.13. The first-order valence-corrected chi connectivity index (χ1v) is 12.2. The Hall–Kier alpha value is -3.13. The molecule has 2 amide bonds. The van der Waals surface area contributed by atoms with Crippen LogP contribution in [0.15, 0.2) is 59.8 Å². The zero-order valence-corrected chi connectivity index (χ0v) is 20.0. The van der Waals surface area contributed by atoms with Crippen LogP contribution in [0.3, 0.4) is 0 Å². The van der Waals surface area contributed by atoms with Crippen LogP contribution in [-0.4, -0.2) is 50.3 Å². The van der Waals surface area contributed by atoms with Gasteiger partial charge in [-0.3, -0.25) is 9.59 Å². The third kappa shape index (κ3) is 5.63. The van der Waals surface area contributed by atoms with Crippen LogP contribution in [0.1, 0.15) is 44.0 Å². The normalized spacial score (nSPS) is 14.0. The van der Waals surface area contributed by atoms with Gasteiger partial charge >= 0.3 is 0 Å². The number of benzene rings is 2. The summed E-state index contributed by atoms with van der Waals surface area (Å²) in [5.74, 6) is 1.02. The molecule has 0 bridgehead atoms. The molecule has 1 unspecified atom stereocenters. The van der Waals surface area contributed by atoms with E-state index in [0.717, 1.165) is 42.0 Å². The number of likely N-dealkylation sites (N-methyl/N-ethyl adjacent to an activating group) is 1. The summed E-state index contributed by atoms with van der Waals surface area (Å²) >= 11 is 1.33. The molecule has 1 saturated carbocycles. The van der Waals surface area contributed by atoms with Crippen molar-refractivity contribution < 1.29 is 9.59 Å². The van der Waals surface area contributed by atoms with Crippen LogP contribution in [0.4, 0.5) is 5.69 Å². The second-order valence-electron chi connectivity index (χ2n) is 8.29. The van der Waals surface area contributed by atoms with Gasteiger partial charge in [-0.05, 0) is 49.9 Å². The first kappa shape index (κ1) is 23.0. The van der Waals surface area contributed by atoms with Crippen LogP contribution in [0.2, 0.25) is 0 Å². The van der Waals surface area contributed by atoms with Gasteiger partial charge in [0.25, 0.3) is 0 Å². The molecule has 1 aliphatic carbocycles. The molecule has 1 heterocycles. The maximum absolute atomic E-state index is 12.9. The summed E-state index contributed by atoms with van der Waals surface area (Å²) in [6.07, 6.45) is 3.05. The fraction of sp³-hybridized carbons (Fsp3) is 0.360. The van der Waals surface area contributed by atoms with E-state index in [1.54, 1.807) is 7.05 Å². The first-order valence-electron chi connectivity index (χ1n) is 11.3. The van der Waals surface area contributed by atoms with E-state index in [1.807, 2.05) is 73.1 Å². The van der Waals surface area contributed by atoms with E-state index < -0.39 is 5.25 Å². The van der Waals surface area contributed by atoms with E-state index in [9.17, 15) is 9.59 Å². The molecule has 1 N–H and O–H groups in total. The molecule has 0 aliphatic heterocycles. The number of aryl methyl sites for hydroxylation is 1. The standard InChI is InChI=1S/C25H29N5O2S/c1-4-18-10-8-9-13-21(18)26-22(31)16-29(3)24(32)17(2)33-25-27-23(19-14-15-19)30(28-25)20-11-6-5-7-12-20/h5-13,17,19H,4,14-16H2,1-3H3,(H,26,31). The average Bonchev–Trinajstić information content (AvgIpc) is 3.59. The zero-order valence-electron chi connectivity index (χ0n) is 19.2. The van der Waals surface area contributed by atoms with Gasteiger partial charge in [-0.25, -0.2) is 9.67 Å². The maximum atomic E-state index is 12.9.